The van der Waals surface area contributed by atoms with Crippen LogP contribution in [0.3, 0.4) is 0 Å². The molecule has 19 heavy (non-hydrogen) atoms. The molecular formula is C11H11ClN4O2S. The Kier molecular flexibility index (Phi) is 4.75. The Morgan fingerprint density at radius 3 is 3.11 bits per heavy atom. The second kappa shape index (κ2) is 6.53. The summed E-state index contributed by atoms with van der Waals surface area (Å²) in [6.07, 6.45) is 4.77. The largest absolute Gasteiger partial charge is 0.465 e. The van der Waals surface area contributed by atoms with Crippen LogP contribution in [0.15, 0.2) is 29.8 Å². The minimum Gasteiger partial charge on any atom is -0.465 e. The molecule has 0 amide bonds. The molecule has 100 valence electrons. The standard InChI is InChI=1S/C11H11ClN4O2S/c1-2-18-10(17)7-19-11-13-4-3-9(15-11)16-6-8(12)5-14-16/h3-6H,2,7H2,1H3. The lowest BCUT2D eigenvalue weighted by molar-refractivity contribution is -0.139. The summed E-state index contributed by atoms with van der Waals surface area (Å²) >= 11 is 7.01. The van der Waals surface area contributed by atoms with E-state index in [2.05, 4.69) is 15.1 Å². The lowest BCUT2D eigenvalue weighted by atomic mass is 10.6. The van der Waals surface area contributed by atoms with Crippen LogP contribution >= 0.6 is 23.4 Å². The van der Waals surface area contributed by atoms with Crippen LogP contribution in [0.2, 0.25) is 5.02 Å². The van der Waals surface area contributed by atoms with E-state index < -0.39 is 0 Å². The molecule has 6 nitrogen and oxygen atoms in total. The van der Waals surface area contributed by atoms with E-state index in [9.17, 15) is 4.79 Å². The number of thioether (sulfide) groups is 1. The van der Waals surface area contributed by atoms with E-state index in [0.29, 0.717) is 22.6 Å². The summed E-state index contributed by atoms with van der Waals surface area (Å²) in [5.41, 5.74) is 0. The van der Waals surface area contributed by atoms with Crippen LogP contribution in [0, 0.1) is 0 Å². The van der Waals surface area contributed by atoms with Gasteiger partial charge in [-0.15, -0.1) is 0 Å². The molecule has 0 unspecified atom stereocenters. The molecule has 2 heterocycles. The van der Waals surface area contributed by atoms with Gasteiger partial charge in [-0.3, -0.25) is 4.79 Å². The van der Waals surface area contributed by atoms with Crippen LogP contribution < -0.4 is 0 Å². The molecule has 0 atom stereocenters. The van der Waals surface area contributed by atoms with Gasteiger partial charge in [0.2, 0.25) is 0 Å². The Balaban J connectivity index is 2.05. The van der Waals surface area contributed by atoms with Gasteiger partial charge in [-0.25, -0.2) is 14.6 Å². The predicted octanol–water partition coefficient (Wildman–Crippen LogP) is 1.97. The highest BCUT2D eigenvalue weighted by Crippen LogP contribution is 2.15. The molecule has 0 N–H and O–H groups in total. The first kappa shape index (κ1) is 13.8. The van der Waals surface area contributed by atoms with Crippen molar-refractivity contribution >= 4 is 29.3 Å². The molecule has 2 aromatic rings. The molecule has 0 saturated carbocycles. The maximum absolute atomic E-state index is 11.2. The topological polar surface area (TPSA) is 69.9 Å². The molecule has 0 fully saturated rings. The number of carbonyl (C=O) groups excluding carboxylic acids is 1. The van der Waals surface area contributed by atoms with Gasteiger partial charge in [0.1, 0.15) is 0 Å². The van der Waals surface area contributed by atoms with Crippen molar-refractivity contribution in [2.75, 3.05) is 12.4 Å². The number of halogens is 1. The Bertz CT molecular complexity index is 575. The number of rotatable bonds is 5. The third kappa shape index (κ3) is 3.93. The van der Waals surface area contributed by atoms with E-state index in [1.165, 1.54) is 18.0 Å². The number of esters is 1. The van der Waals surface area contributed by atoms with Gasteiger partial charge in [0, 0.05) is 12.3 Å². The van der Waals surface area contributed by atoms with E-state index in [1.807, 2.05) is 0 Å². The van der Waals surface area contributed by atoms with E-state index in [-0.39, 0.29) is 11.7 Å². The SMILES string of the molecule is CCOC(=O)CSc1nccc(-n2cc(Cl)cn2)n1. The van der Waals surface area contributed by atoms with Gasteiger partial charge in [-0.1, -0.05) is 23.4 Å². The highest BCUT2D eigenvalue weighted by molar-refractivity contribution is 7.99. The zero-order valence-electron chi connectivity index (χ0n) is 10.1. The fourth-order valence-corrected chi connectivity index (χ4v) is 2.04. The minimum atomic E-state index is -0.288. The molecule has 0 aliphatic carbocycles. The van der Waals surface area contributed by atoms with Crippen molar-refractivity contribution in [1.29, 1.82) is 0 Å². The van der Waals surface area contributed by atoms with Gasteiger partial charge >= 0.3 is 5.97 Å². The average molecular weight is 299 g/mol. The Hall–Kier alpha value is -1.60. The van der Waals surface area contributed by atoms with Crippen LogP contribution in [0.5, 0.6) is 0 Å². The van der Waals surface area contributed by atoms with Crippen molar-refractivity contribution in [2.24, 2.45) is 0 Å². The van der Waals surface area contributed by atoms with Crippen molar-refractivity contribution in [2.45, 2.75) is 12.1 Å². The van der Waals surface area contributed by atoms with Gasteiger partial charge in [0.25, 0.3) is 0 Å². The number of hydrogen-bond donors (Lipinski definition) is 0. The maximum Gasteiger partial charge on any atom is 0.316 e. The van der Waals surface area contributed by atoms with Crippen molar-refractivity contribution < 1.29 is 9.53 Å². The zero-order valence-corrected chi connectivity index (χ0v) is 11.7. The van der Waals surface area contributed by atoms with Crippen molar-refractivity contribution in [3.05, 3.63) is 29.7 Å². The van der Waals surface area contributed by atoms with E-state index >= 15 is 0 Å². The van der Waals surface area contributed by atoms with Crippen LogP contribution in [0.4, 0.5) is 0 Å². The molecule has 0 aliphatic rings. The molecule has 2 aromatic heterocycles. The second-order valence-electron chi connectivity index (χ2n) is 3.39. The normalized spacial score (nSPS) is 10.4. The van der Waals surface area contributed by atoms with Gasteiger partial charge in [0.05, 0.1) is 29.8 Å². The molecule has 0 aliphatic heterocycles. The number of hydrogen-bond acceptors (Lipinski definition) is 6. The molecule has 0 aromatic carbocycles. The second-order valence-corrected chi connectivity index (χ2v) is 4.77. The molecule has 0 saturated heterocycles. The van der Waals surface area contributed by atoms with E-state index in [4.69, 9.17) is 16.3 Å². The van der Waals surface area contributed by atoms with Crippen molar-refractivity contribution in [3.63, 3.8) is 0 Å². The Morgan fingerprint density at radius 2 is 2.42 bits per heavy atom. The number of ether oxygens (including phenoxy) is 1. The zero-order chi connectivity index (χ0) is 13.7. The molecule has 8 heteroatoms. The summed E-state index contributed by atoms with van der Waals surface area (Å²) in [4.78, 5) is 19.6. The third-order valence-electron chi connectivity index (χ3n) is 2.03. The summed E-state index contributed by atoms with van der Waals surface area (Å²) in [6.45, 7) is 2.13. The quantitative estimate of drug-likeness (QED) is 0.477. The highest BCUT2D eigenvalue weighted by atomic mass is 35.5. The van der Waals surface area contributed by atoms with Crippen molar-refractivity contribution in [1.82, 2.24) is 19.7 Å². The van der Waals surface area contributed by atoms with Gasteiger partial charge in [0.15, 0.2) is 11.0 Å². The average Bonchev–Trinajstić information content (AvgIpc) is 2.84. The lowest BCUT2D eigenvalue weighted by Gasteiger charge is -2.03. The monoisotopic (exact) mass is 298 g/mol. The van der Waals surface area contributed by atoms with Crippen molar-refractivity contribution in [3.8, 4) is 5.82 Å². The van der Waals surface area contributed by atoms with E-state index in [1.54, 1.807) is 30.1 Å². The van der Waals surface area contributed by atoms with E-state index in [0.717, 1.165) is 0 Å². The molecule has 0 radical (unpaired) electrons. The Morgan fingerprint density at radius 1 is 1.58 bits per heavy atom. The van der Waals surface area contributed by atoms with Crippen LogP contribution in [-0.2, 0) is 9.53 Å². The first-order valence-electron chi connectivity index (χ1n) is 5.51. The Labute approximate surface area is 119 Å². The fraction of sp³-hybridized carbons (Fsp3) is 0.273. The molecule has 2 rings (SSSR count). The summed E-state index contributed by atoms with van der Waals surface area (Å²) < 4.78 is 6.37. The highest BCUT2D eigenvalue weighted by Gasteiger charge is 2.07. The molecule has 0 spiro atoms. The first-order chi connectivity index (χ1) is 9.19. The fourth-order valence-electron chi connectivity index (χ4n) is 1.28. The van der Waals surface area contributed by atoms with Gasteiger partial charge in [-0.2, -0.15) is 5.10 Å². The third-order valence-corrected chi connectivity index (χ3v) is 3.06. The van der Waals surface area contributed by atoms with Crippen LogP contribution in [-0.4, -0.2) is 38.1 Å². The maximum atomic E-state index is 11.2. The van der Waals surface area contributed by atoms with Gasteiger partial charge in [-0.05, 0) is 6.92 Å². The smallest absolute Gasteiger partial charge is 0.316 e. The summed E-state index contributed by atoms with van der Waals surface area (Å²) in [7, 11) is 0. The van der Waals surface area contributed by atoms with Gasteiger partial charge < -0.3 is 4.74 Å². The molecule has 0 bridgehead atoms. The first-order valence-corrected chi connectivity index (χ1v) is 6.87. The molecular weight excluding hydrogens is 288 g/mol. The van der Waals surface area contributed by atoms with Crippen LogP contribution in [0.1, 0.15) is 6.92 Å². The summed E-state index contributed by atoms with van der Waals surface area (Å²) in [6, 6.07) is 1.71. The number of aromatic nitrogens is 4. The summed E-state index contributed by atoms with van der Waals surface area (Å²) in [5, 5.41) is 5.06. The number of nitrogens with zero attached hydrogens (tertiary/aromatic N) is 4. The minimum absolute atomic E-state index is 0.178. The summed E-state index contributed by atoms with van der Waals surface area (Å²) in [5.74, 6) is 0.480. The number of carbonyl (C=O) groups is 1. The lowest BCUT2D eigenvalue weighted by Crippen LogP contribution is -2.07. The van der Waals surface area contributed by atoms with Crippen LogP contribution in [0.25, 0.3) is 5.82 Å². The predicted molar refractivity (Wildman–Crippen MR) is 71.5 cm³/mol.